The predicted octanol–water partition coefficient (Wildman–Crippen LogP) is 1.59. The standard InChI is InChI=1S/C19H25N3O/c1-14-10-16(5-4-15-2-3-15)6-7-18(14)19(20)12-21-11-17-13-23-9-8-22-17/h6-7,10,12,15,17,21-22H,2-3,8-9,11,13,20H2,1H3/b19-12-. The summed E-state index contributed by atoms with van der Waals surface area (Å²) in [5.74, 6) is 7.17. The second-order valence-electron chi connectivity index (χ2n) is 6.31. The average molecular weight is 311 g/mol. The van der Waals surface area contributed by atoms with Gasteiger partial charge in [-0.2, -0.15) is 0 Å². The molecule has 1 heterocycles. The zero-order valence-electron chi connectivity index (χ0n) is 13.7. The van der Waals surface area contributed by atoms with Gasteiger partial charge in [0, 0.05) is 42.4 Å². The SMILES string of the molecule is Cc1cc(C#CC2CC2)ccc1/C(N)=C/NCC1COCCN1. The van der Waals surface area contributed by atoms with Gasteiger partial charge in [-0.25, -0.2) is 0 Å². The highest BCUT2D eigenvalue weighted by atomic mass is 16.5. The Kier molecular flexibility index (Phi) is 5.22. The predicted molar refractivity (Wildman–Crippen MR) is 93.6 cm³/mol. The molecule has 23 heavy (non-hydrogen) atoms. The van der Waals surface area contributed by atoms with E-state index in [9.17, 15) is 0 Å². The molecule has 0 bridgehead atoms. The maximum absolute atomic E-state index is 6.20. The lowest BCUT2D eigenvalue weighted by molar-refractivity contribution is 0.0778. The number of rotatable bonds is 4. The number of hydrogen-bond acceptors (Lipinski definition) is 4. The van der Waals surface area contributed by atoms with Gasteiger partial charge in [-0.05, 0) is 37.5 Å². The van der Waals surface area contributed by atoms with Crippen LogP contribution in [0.25, 0.3) is 5.70 Å². The molecule has 1 unspecified atom stereocenters. The van der Waals surface area contributed by atoms with E-state index in [0.29, 0.717) is 12.0 Å². The van der Waals surface area contributed by atoms with Crippen molar-refractivity contribution in [3.63, 3.8) is 0 Å². The summed E-state index contributed by atoms with van der Waals surface area (Å²) in [6.07, 6.45) is 4.40. The molecule has 1 saturated heterocycles. The second kappa shape index (κ2) is 7.54. The van der Waals surface area contributed by atoms with Crippen molar-refractivity contribution in [3.8, 4) is 11.8 Å². The van der Waals surface area contributed by atoms with Gasteiger partial charge in [-0.1, -0.05) is 17.9 Å². The molecule has 122 valence electrons. The fraction of sp³-hybridized carbons (Fsp3) is 0.474. The molecule has 4 nitrogen and oxygen atoms in total. The molecule has 1 aromatic carbocycles. The van der Waals surface area contributed by atoms with Gasteiger partial charge in [0.1, 0.15) is 0 Å². The van der Waals surface area contributed by atoms with E-state index >= 15 is 0 Å². The van der Waals surface area contributed by atoms with Gasteiger partial charge in [0.05, 0.1) is 18.9 Å². The van der Waals surface area contributed by atoms with Crippen LogP contribution < -0.4 is 16.4 Å². The van der Waals surface area contributed by atoms with E-state index in [0.717, 1.165) is 48.7 Å². The summed E-state index contributed by atoms with van der Waals surface area (Å²) in [5.41, 5.74) is 10.2. The largest absolute Gasteiger partial charge is 0.397 e. The van der Waals surface area contributed by atoms with E-state index in [1.165, 1.54) is 12.8 Å². The molecule has 2 fully saturated rings. The van der Waals surface area contributed by atoms with Crippen LogP contribution in [0.2, 0.25) is 0 Å². The van der Waals surface area contributed by atoms with Crippen LogP contribution in [0.3, 0.4) is 0 Å². The van der Waals surface area contributed by atoms with Crippen LogP contribution in [0, 0.1) is 24.7 Å². The van der Waals surface area contributed by atoms with E-state index < -0.39 is 0 Å². The van der Waals surface area contributed by atoms with Gasteiger partial charge in [0.2, 0.25) is 0 Å². The summed E-state index contributed by atoms with van der Waals surface area (Å²) in [4.78, 5) is 0. The van der Waals surface area contributed by atoms with E-state index in [1.54, 1.807) is 0 Å². The Balaban J connectivity index is 1.58. The van der Waals surface area contributed by atoms with E-state index in [4.69, 9.17) is 10.5 Å². The minimum absolute atomic E-state index is 0.342. The highest BCUT2D eigenvalue weighted by Crippen LogP contribution is 2.27. The summed E-state index contributed by atoms with van der Waals surface area (Å²) in [7, 11) is 0. The maximum Gasteiger partial charge on any atom is 0.0637 e. The summed E-state index contributed by atoms with van der Waals surface area (Å²) >= 11 is 0. The van der Waals surface area contributed by atoms with Crippen molar-refractivity contribution in [2.24, 2.45) is 11.7 Å². The molecule has 0 spiro atoms. The van der Waals surface area contributed by atoms with Gasteiger partial charge in [-0.3, -0.25) is 0 Å². The third kappa shape index (κ3) is 4.75. The molecular weight excluding hydrogens is 286 g/mol. The Morgan fingerprint density at radius 1 is 1.48 bits per heavy atom. The summed E-state index contributed by atoms with van der Waals surface area (Å²) in [6, 6.07) is 6.56. The van der Waals surface area contributed by atoms with E-state index in [-0.39, 0.29) is 0 Å². The Morgan fingerprint density at radius 3 is 3.04 bits per heavy atom. The fourth-order valence-corrected chi connectivity index (χ4v) is 2.62. The lowest BCUT2D eigenvalue weighted by Crippen LogP contribution is -2.46. The summed E-state index contributed by atoms with van der Waals surface area (Å²) in [6.45, 7) is 5.34. The lowest BCUT2D eigenvalue weighted by Gasteiger charge is -2.23. The van der Waals surface area contributed by atoms with Crippen molar-refractivity contribution in [1.29, 1.82) is 0 Å². The molecule has 1 aliphatic heterocycles. The van der Waals surface area contributed by atoms with Crippen LogP contribution >= 0.6 is 0 Å². The normalized spacial score (nSPS) is 21.4. The third-order valence-electron chi connectivity index (χ3n) is 4.16. The van der Waals surface area contributed by atoms with Crippen LogP contribution in [-0.2, 0) is 4.74 Å². The molecule has 0 radical (unpaired) electrons. The molecule has 1 aromatic rings. The quantitative estimate of drug-likeness (QED) is 0.739. The summed E-state index contributed by atoms with van der Waals surface area (Å²) < 4.78 is 5.43. The highest BCUT2D eigenvalue weighted by Gasteiger charge is 2.17. The number of nitrogens with one attached hydrogen (secondary N) is 2. The Bertz CT molecular complexity index is 632. The van der Waals surface area contributed by atoms with Crippen LogP contribution in [0.15, 0.2) is 24.4 Å². The minimum atomic E-state index is 0.342. The van der Waals surface area contributed by atoms with E-state index in [1.807, 2.05) is 6.20 Å². The first-order chi connectivity index (χ1) is 11.2. The van der Waals surface area contributed by atoms with Crippen molar-refractivity contribution < 1.29 is 4.74 Å². The molecule has 0 aromatic heterocycles. The number of hydrogen-bond donors (Lipinski definition) is 3. The van der Waals surface area contributed by atoms with Crippen LogP contribution in [0.4, 0.5) is 0 Å². The Hall–Kier alpha value is -1.96. The third-order valence-corrected chi connectivity index (χ3v) is 4.16. The first-order valence-corrected chi connectivity index (χ1v) is 8.35. The molecule has 1 aliphatic carbocycles. The molecule has 2 aliphatic rings. The zero-order chi connectivity index (χ0) is 16.1. The smallest absolute Gasteiger partial charge is 0.0637 e. The number of benzene rings is 1. The van der Waals surface area contributed by atoms with Crippen molar-refractivity contribution in [1.82, 2.24) is 10.6 Å². The van der Waals surface area contributed by atoms with Crippen LogP contribution in [0.1, 0.15) is 29.5 Å². The van der Waals surface area contributed by atoms with Crippen molar-refractivity contribution >= 4 is 5.70 Å². The minimum Gasteiger partial charge on any atom is -0.397 e. The number of ether oxygens (including phenoxy) is 1. The van der Waals surface area contributed by atoms with Crippen molar-refractivity contribution in [2.45, 2.75) is 25.8 Å². The molecule has 4 N–H and O–H groups in total. The fourth-order valence-electron chi connectivity index (χ4n) is 2.62. The Morgan fingerprint density at radius 2 is 2.35 bits per heavy atom. The van der Waals surface area contributed by atoms with Crippen LogP contribution in [-0.4, -0.2) is 32.3 Å². The number of morpholine rings is 1. The van der Waals surface area contributed by atoms with E-state index in [2.05, 4.69) is 47.6 Å². The monoisotopic (exact) mass is 311 g/mol. The van der Waals surface area contributed by atoms with Gasteiger partial charge >= 0.3 is 0 Å². The van der Waals surface area contributed by atoms with Crippen molar-refractivity contribution in [2.75, 3.05) is 26.3 Å². The molecular formula is C19H25N3O. The highest BCUT2D eigenvalue weighted by molar-refractivity contribution is 5.66. The molecule has 1 saturated carbocycles. The van der Waals surface area contributed by atoms with Gasteiger partial charge < -0.3 is 21.1 Å². The van der Waals surface area contributed by atoms with Gasteiger partial charge in [-0.15, -0.1) is 0 Å². The molecule has 1 atom stereocenters. The zero-order valence-corrected chi connectivity index (χ0v) is 13.7. The first kappa shape index (κ1) is 15.9. The second-order valence-corrected chi connectivity index (χ2v) is 6.31. The number of aryl methyl sites for hydroxylation is 1. The van der Waals surface area contributed by atoms with Gasteiger partial charge in [0.15, 0.2) is 0 Å². The van der Waals surface area contributed by atoms with Crippen LogP contribution in [0.5, 0.6) is 0 Å². The Labute approximate surface area is 138 Å². The topological polar surface area (TPSA) is 59.3 Å². The van der Waals surface area contributed by atoms with Crippen molar-refractivity contribution in [3.05, 3.63) is 41.1 Å². The molecule has 3 rings (SSSR count). The number of nitrogens with two attached hydrogens (primary N) is 1. The lowest BCUT2D eigenvalue weighted by atomic mass is 10.0. The first-order valence-electron chi connectivity index (χ1n) is 8.35. The maximum atomic E-state index is 6.20. The molecule has 4 heteroatoms. The van der Waals surface area contributed by atoms with Gasteiger partial charge in [0.25, 0.3) is 0 Å². The summed E-state index contributed by atoms with van der Waals surface area (Å²) in [5, 5.41) is 6.69. The molecule has 0 amide bonds. The average Bonchev–Trinajstić information content (AvgIpc) is 3.38.